The average Bonchev–Trinajstić information content (AvgIpc) is 2.88. The maximum absolute atomic E-state index is 11.3. The summed E-state index contributed by atoms with van der Waals surface area (Å²) in [4.78, 5) is 62.2. The van der Waals surface area contributed by atoms with Gasteiger partial charge in [-0.15, -0.1) is 0 Å². The van der Waals surface area contributed by atoms with Gasteiger partial charge in [0.05, 0.1) is 58.4 Å². The van der Waals surface area contributed by atoms with Crippen LogP contribution in [-0.2, 0) is 0 Å². The lowest BCUT2D eigenvalue weighted by Gasteiger charge is -2.07. The van der Waals surface area contributed by atoms with Gasteiger partial charge in [0.1, 0.15) is 11.4 Å². The van der Waals surface area contributed by atoms with Crippen molar-refractivity contribution in [2.75, 3.05) is 0 Å². The van der Waals surface area contributed by atoms with Crippen molar-refractivity contribution in [3.05, 3.63) is 83.4 Å². The summed E-state index contributed by atoms with van der Waals surface area (Å²) in [5, 5.41) is 37.0. The molecule has 0 aliphatic heterocycles. The van der Waals surface area contributed by atoms with Gasteiger partial charge in [0.25, 0.3) is 0 Å². The summed E-state index contributed by atoms with van der Waals surface area (Å²) >= 11 is 0. The molecule has 0 saturated heterocycles. The molecule has 36 heavy (non-hydrogen) atoms. The van der Waals surface area contributed by atoms with Gasteiger partial charge in [-0.05, 0) is 36.4 Å². The molecule has 12 heteroatoms. The Balaban J connectivity index is 1.64. The highest BCUT2D eigenvalue weighted by Crippen LogP contribution is 2.24. The Bertz CT molecular complexity index is 1350. The van der Waals surface area contributed by atoms with Crippen molar-refractivity contribution in [3.8, 4) is 33.9 Å². The van der Waals surface area contributed by atoms with E-state index in [-0.39, 0.29) is 44.8 Å². The van der Waals surface area contributed by atoms with E-state index >= 15 is 0 Å². The average molecular weight is 486 g/mol. The SMILES string of the molecule is O=C(O)c1cc(C(=O)O)cc(-c2cnc(-c3cnc(-c4cc(C(=O)O)cc(C(=O)O)c4)cn3)cn2)c1. The van der Waals surface area contributed by atoms with Gasteiger partial charge < -0.3 is 20.4 Å². The number of benzene rings is 2. The van der Waals surface area contributed by atoms with E-state index in [0.29, 0.717) is 11.4 Å². The molecule has 0 atom stereocenters. The molecule has 0 unspecified atom stereocenters. The van der Waals surface area contributed by atoms with E-state index in [1.165, 1.54) is 49.1 Å². The van der Waals surface area contributed by atoms with E-state index in [1.54, 1.807) is 0 Å². The van der Waals surface area contributed by atoms with E-state index < -0.39 is 23.9 Å². The van der Waals surface area contributed by atoms with Crippen LogP contribution in [0.15, 0.2) is 61.2 Å². The zero-order valence-corrected chi connectivity index (χ0v) is 18.0. The van der Waals surface area contributed by atoms with Crippen molar-refractivity contribution in [2.45, 2.75) is 0 Å². The van der Waals surface area contributed by atoms with Crippen LogP contribution in [0.2, 0.25) is 0 Å². The number of rotatable bonds is 7. The van der Waals surface area contributed by atoms with Crippen LogP contribution in [0.25, 0.3) is 33.9 Å². The van der Waals surface area contributed by atoms with Gasteiger partial charge in [-0.2, -0.15) is 0 Å². The first-order valence-electron chi connectivity index (χ1n) is 10.0. The quantitative estimate of drug-likeness (QED) is 0.298. The highest BCUT2D eigenvalue weighted by Gasteiger charge is 2.15. The molecule has 178 valence electrons. The monoisotopic (exact) mass is 486 g/mol. The first-order chi connectivity index (χ1) is 17.1. The van der Waals surface area contributed by atoms with Gasteiger partial charge >= 0.3 is 23.9 Å². The molecule has 2 aromatic heterocycles. The molecular formula is C24H14N4O8. The second-order valence-corrected chi connectivity index (χ2v) is 7.39. The fourth-order valence-corrected chi connectivity index (χ4v) is 3.26. The zero-order chi connectivity index (χ0) is 26.0. The number of aromatic nitrogens is 4. The third-order valence-corrected chi connectivity index (χ3v) is 5.01. The maximum atomic E-state index is 11.3. The topological polar surface area (TPSA) is 201 Å². The third kappa shape index (κ3) is 4.87. The highest BCUT2D eigenvalue weighted by molar-refractivity contribution is 5.96. The molecular weight excluding hydrogens is 472 g/mol. The minimum atomic E-state index is -1.29. The number of carboxylic acids is 4. The number of carbonyl (C=O) groups is 4. The van der Waals surface area contributed by atoms with Crippen LogP contribution in [0, 0.1) is 0 Å². The summed E-state index contributed by atoms with van der Waals surface area (Å²) in [6.07, 6.45) is 5.35. The standard InChI is InChI=1S/C24H14N4O8/c29-21(30)13-1-11(2-14(5-13)22(31)32)17-7-27-19(9-25-17)20-10-26-18(8-28-20)12-3-15(23(33)34)6-16(4-12)24(35)36/h1-10H,(H,29,30)(H,31,32)(H,33,34)(H,35,36). The second-order valence-electron chi connectivity index (χ2n) is 7.39. The van der Waals surface area contributed by atoms with Crippen molar-refractivity contribution in [3.63, 3.8) is 0 Å². The summed E-state index contributed by atoms with van der Waals surface area (Å²) in [6.45, 7) is 0. The molecule has 4 N–H and O–H groups in total. The van der Waals surface area contributed by atoms with Gasteiger partial charge in [0, 0.05) is 11.1 Å². The van der Waals surface area contributed by atoms with Crippen molar-refractivity contribution < 1.29 is 39.6 Å². The Morgan fingerprint density at radius 1 is 0.417 bits per heavy atom. The normalized spacial score (nSPS) is 10.6. The molecule has 12 nitrogen and oxygen atoms in total. The second kappa shape index (κ2) is 9.38. The van der Waals surface area contributed by atoms with Gasteiger partial charge in [0.15, 0.2) is 0 Å². The lowest BCUT2D eigenvalue weighted by Crippen LogP contribution is -2.04. The highest BCUT2D eigenvalue weighted by atomic mass is 16.4. The summed E-state index contributed by atoms with van der Waals surface area (Å²) in [6, 6.07) is 7.21. The number of nitrogens with zero attached hydrogens (tertiary/aromatic N) is 4. The Kier molecular flexibility index (Phi) is 6.16. The van der Waals surface area contributed by atoms with Crippen molar-refractivity contribution in [1.29, 1.82) is 0 Å². The molecule has 2 aromatic carbocycles. The van der Waals surface area contributed by atoms with Crippen molar-refractivity contribution >= 4 is 23.9 Å². The predicted molar refractivity (Wildman–Crippen MR) is 122 cm³/mol. The van der Waals surface area contributed by atoms with Gasteiger partial charge in [-0.25, -0.2) is 19.2 Å². The number of aromatic carboxylic acids is 4. The largest absolute Gasteiger partial charge is 0.478 e. The fraction of sp³-hybridized carbons (Fsp3) is 0. The molecule has 0 radical (unpaired) electrons. The molecule has 0 spiro atoms. The predicted octanol–water partition coefficient (Wildman–Crippen LogP) is 3.06. The fourth-order valence-electron chi connectivity index (χ4n) is 3.26. The van der Waals surface area contributed by atoms with Gasteiger partial charge in [-0.1, -0.05) is 0 Å². The smallest absolute Gasteiger partial charge is 0.335 e. The molecule has 0 bridgehead atoms. The van der Waals surface area contributed by atoms with E-state index in [9.17, 15) is 39.6 Å². The first-order valence-corrected chi connectivity index (χ1v) is 10.0. The molecule has 0 saturated carbocycles. The Hall–Kier alpha value is -5.52. The van der Waals surface area contributed by atoms with E-state index in [1.807, 2.05) is 0 Å². The van der Waals surface area contributed by atoms with Crippen LogP contribution in [0.1, 0.15) is 41.4 Å². The zero-order valence-electron chi connectivity index (χ0n) is 18.0. The summed E-state index contributed by atoms with van der Waals surface area (Å²) in [5.41, 5.74) is 0.727. The Labute approximate surface area is 201 Å². The van der Waals surface area contributed by atoms with Gasteiger partial charge in [0.2, 0.25) is 0 Å². The molecule has 4 rings (SSSR count). The van der Waals surface area contributed by atoms with Crippen LogP contribution in [-0.4, -0.2) is 64.2 Å². The van der Waals surface area contributed by atoms with Crippen molar-refractivity contribution in [2.24, 2.45) is 0 Å². The lowest BCUT2D eigenvalue weighted by molar-refractivity contribution is 0.0676. The minimum absolute atomic E-state index is 0.213. The molecule has 0 aliphatic carbocycles. The Morgan fingerprint density at radius 3 is 0.889 bits per heavy atom. The summed E-state index contributed by atoms with van der Waals surface area (Å²) in [5.74, 6) is -5.15. The summed E-state index contributed by atoms with van der Waals surface area (Å²) in [7, 11) is 0. The van der Waals surface area contributed by atoms with Crippen LogP contribution < -0.4 is 0 Å². The lowest BCUT2D eigenvalue weighted by atomic mass is 10.0. The third-order valence-electron chi connectivity index (χ3n) is 5.01. The van der Waals surface area contributed by atoms with Crippen molar-refractivity contribution in [1.82, 2.24) is 19.9 Å². The molecule has 0 fully saturated rings. The molecule has 2 heterocycles. The van der Waals surface area contributed by atoms with Crippen LogP contribution in [0.3, 0.4) is 0 Å². The van der Waals surface area contributed by atoms with E-state index in [2.05, 4.69) is 19.9 Å². The van der Waals surface area contributed by atoms with E-state index in [4.69, 9.17) is 0 Å². The molecule has 0 aliphatic rings. The number of hydrogen-bond donors (Lipinski definition) is 4. The van der Waals surface area contributed by atoms with Crippen LogP contribution in [0.4, 0.5) is 0 Å². The number of carboxylic acid groups (broad SMARTS) is 4. The maximum Gasteiger partial charge on any atom is 0.335 e. The van der Waals surface area contributed by atoms with E-state index in [0.717, 1.165) is 12.1 Å². The Morgan fingerprint density at radius 2 is 0.667 bits per heavy atom. The molecule has 4 aromatic rings. The molecule has 0 amide bonds. The number of hydrogen-bond acceptors (Lipinski definition) is 8. The first kappa shape index (κ1) is 23.6. The van der Waals surface area contributed by atoms with Crippen LogP contribution >= 0.6 is 0 Å². The summed E-state index contributed by atoms with van der Waals surface area (Å²) < 4.78 is 0. The minimum Gasteiger partial charge on any atom is -0.478 e. The van der Waals surface area contributed by atoms with Crippen LogP contribution in [0.5, 0.6) is 0 Å². The van der Waals surface area contributed by atoms with Gasteiger partial charge in [-0.3, -0.25) is 19.9 Å².